The summed E-state index contributed by atoms with van der Waals surface area (Å²) in [5.41, 5.74) is 0. The van der Waals surface area contributed by atoms with Crippen LogP contribution in [0.25, 0.3) is 0 Å². The summed E-state index contributed by atoms with van der Waals surface area (Å²) in [6, 6.07) is 0. The van der Waals surface area contributed by atoms with Crippen LogP contribution in [0.2, 0.25) is 0 Å². The predicted molar refractivity (Wildman–Crippen MR) is 134 cm³/mol. The lowest BCUT2D eigenvalue weighted by molar-refractivity contribution is -0.0334. The van der Waals surface area contributed by atoms with E-state index in [9.17, 15) is 0 Å². The molecule has 1 heterocycles. The lowest BCUT2D eigenvalue weighted by Gasteiger charge is -2.09. The summed E-state index contributed by atoms with van der Waals surface area (Å²) < 4.78 is 60.6. The standard InChI is InChI=1S/2C10H22O5.C4H8O2/c2*1-11-3-5-13-7-9-15-10-8-14-6-4-12-2;1-2-6-4-3-5-1/h2*3-10H2,1-2H3;1-4H2. The van der Waals surface area contributed by atoms with Crippen molar-refractivity contribution in [3.8, 4) is 0 Å². The minimum Gasteiger partial charge on any atom is -0.382 e. The molecule has 12 nitrogen and oxygen atoms in total. The van der Waals surface area contributed by atoms with Gasteiger partial charge < -0.3 is 56.8 Å². The molecule has 1 saturated heterocycles. The molecular weight excluding hydrogens is 480 g/mol. The van der Waals surface area contributed by atoms with E-state index in [1.807, 2.05) is 0 Å². The van der Waals surface area contributed by atoms with Gasteiger partial charge in [-0.25, -0.2) is 0 Å². The largest absolute Gasteiger partial charge is 0.382 e. The highest BCUT2D eigenvalue weighted by Crippen LogP contribution is 1.85. The highest BCUT2D eigenvalue weighted by atomic mass is 16.6. The molecule has 36 heavy (non-hydrogen) atoms. The predicted octanol–water partition coefficient (Wildman–Crippen LogP) is 0.691. The molecule has 1 rings (SSSR count). The maximum atomic E-state index is 5.26. The first-order chi connectivity index (χ1) is 17.8. The van der Waals surface area contributed by atoms with E-state index < -0.39 is 0 Å². The minimum absolute atomic E-state index is 0.595. The van der Waals surface area contributed by atoms with Crippen molar-refractivity contribution < 1.29 is 56.8 Å². The van der Waals surface area contributed by atoms with Gasteiger partial charge in [-0.1, -0.05) is 0 Å². The van der Waals surface area contributed by atoms with Gasteiger partial charge in [0.15, 0.2) is 0 Å². The Hall–Kier alpha value is -0.480. The Labute approximate surface area is 218 Å². The maximum absolute atomic E-state index is 5.26. The Morgan fingerprint density at radius 2 is 0.472 bits per heavy atom. The first kappa shape index (κ1) is 37.7. The monoisotopic (exact) mass is 532 g/mol. The van der Waals surface area contributed by atoms with Crippen molar-refractivity contribution in [3.63, 3.8) is 0 Å². The fourth-order valence-corrected chi connectivity index (χ4v) is 2.09. The van der Waals surface area contributed by atoms with Crippen molar-refractivity contribution >= 4 is 0 Å². The van der Waals surface area contributed by atoms with Crippen molar-refractivity contribution in [2.75, 3.05) is 161 Å². The lowest BCUT2D eigenvalue weighted by atomic mass is 10.6. The molecule has 1 aliphatic rings. The first-order valence-corrected chi connectivity index (χ1v) is 12.4. The summed E-state index contributed by atoms with van der Waals surface area (Å²) in [6.07, 6.45) is 0. The van der Waals surface area contributed by atoms with Crippen LogP contribution in [0.15, 0.2) is 0 Å². The topological polar surface area (TPSA) is 111 Å². The van der Waals surface area contributed by atoms with E-state index in [1.165, 1.54) is 0 Å². The molecule has 0 atom stereocenters. The third-order valence-electron chi connectivity index (χ3n) is 3.96. The van der Waals surface area contributed by atoms with Crippen LogP contribution >= 0.6 is 0 Å². The number of methoxy groups -OCH3 is 4. The van der Waals surface area contributed by atoms with Crippen LogP contribution in [0, 0.1) is 0 Å². The summed E-state index contributed by atoms with van der Waals surface area (Å²) >= 11 is 0. The van der Waals surface area contributed by atoms with E-state index >= 15 is 0 Å². The van der Waals surface area contributed by atoms with E-state index in [0.29, 0.717) is 106 Å². The summed E-state index contributed by atoms with van der Waals surface area (Å²) in [7, 11) is 6.60. The molecule has 0 aliphatic carbocycles. The Balaban J connectivity index is 0. The Bertz CT molecular complexity index is 288. The van der Waals surface area contributed by atoms with Crippen molar-refractivity contribution in [1.29, 1.82) is 0 Å². The molecule has 0 bridgehead atoms. The highest BCUT2D eigenvalue weighted by Gasteiger charge is 1.94. The molecule has 1 fully saturated rings. The molecule has 0 amide bonds. The van der Waals surface area contributed by atoms with E-state index in [0.717, 1.165) is 26.4 Å². The lowest BCUT2D eigenvalue weighted by Crippen LogP contribution is -2.16. The van der Waals surface area contributed by atoms with Crippen molar-refractivity contribution in [3.05, 3.63) is 0 Å². The summed E-state index contributed by atoms with van der Waals surface area (Å²) in [6.45, 7) is 12.8. The maximum Gasteiger partial charge on any atom is 0.0701 e. The van der Waals surface area contributed by atoms with Gasteiger partial charge in [0.2, 0.25) is 0 Å². The molecule has 12 heteroatoms. The third-order valence-corrected chi connectivity index (χ3v) is 3.96. The van der Waals surface area contributed by atoms with Gasteiger partial charge in [-0.3, -0.25) is 0 Å². The van der Waals surface area contributed by atoms with Gasteiger partial charge >= 0.3 is 0 Å². The van der Waals surface area contributed by atoms with Gasteiger partial charge in [0, 0.05) is 28.4 Å². The smallest absolute Gasteiger partial charge is 0.0701 e. The molecule has 0 aromatic rings. The summed E-state index contributed by atoms with van der Waals surface area (Å²) in [5, 5.41) is 0. The number of ether oxygens (including phenoxy) is 12. The fraction of sp³-hybridized carbons (Fsp3) is 1.00. The van der Waals surface area contributed by atoms with E-state index in [-0.39, 0.29) is 0 Å². The van der Waals surface area contributed by atoms with Gasteiger partial charge in [0.25, 0.3) is 0 Å². The van der Waals surface area contributed by atoms with Gasteiger partial charge in [0.05, 0.1) is 132 Å². The normalized spacial score (nSPS) is 13.0. The van der Waals surface area contributed by atoms with Crippen LogP contribution in [-0.2, 0) is 56.8 Å². The zero-order valence-corrected chi connectivity index (χ0v) is 23.0. The second kappa shape index (κ2) is 39.0. The third kappa shape index (κ3) is 40.7. The quantitative estimate of drug-likeness (QED) is 0.163. The van der Waals surface area contributed by atoms with Gasteiger partial charge in [-0.2, -0.15) is 0 Å². The average molecular weight is 533 g/mol. The van der Waals surface area contributed by atoms with Crippen LogP contribution in [0.5, 0.6) is 0 Å². The molecule has 0 aromatic heterocycles. The van der Waals surface area contributed by atoms with Crippen LogP contribution < -0.4 is 0 Å². The highest BCUT2D eigenvalue weighted by molar-refractivity contribution is 4.37. The van der Waals surface area contributed by atoms with Crippen molar-refractivity contribution in [1.82, 2.24) is 0 Å². The zero-order chi connectivity index (χ0) is 26.6. The molecule has 0 N–H and O–H groups in total. The average Bonchev–Trinajstić information content (AvgIpc) is 2.92. The molecular formula is C24H52O12. The summed E-state index contributed by atoms with van der Waals surface area (Å²) in [4.78, 5) is 0. The second-order valence-corrected chi connectivity index (χ2v) is 6.87. The summed E-state index contributed by atoms with van der Waals surface area (Å²) in [5.74, 6) is 0. The fourth-order valence-electron chi connectivity index (χ4n) is 2.09. The Kier molecular flexibility index (Phi) is 40.9. The zero-order valence-electron chi connectivity index (χ0n) is 23.0. The van der Waals surface area contributed by atoms with Gasteiger partial charge in [-0.05, 0) is 0 Å². The molecule has 0 radical (unpaired) electrons. The Morgan fingerprint density at radius 3 is 0.611 bits per heavy atom. The van der Waals surface area contributed by atoms with E-state index in [2.05, 4.69) is 0 Å². The molecule has 0 unspecified atom stereocenters. The van der Waals surface area contributed by atoms with Crippen LogP contribution in [0.4, 0.5) is 0 Å². The minimum atomic E-state index is 0.595. The van der Waals surface area contributed by atoms with Crippen molar-refractivity contribution in [2.24, 2.45) is 0 Å². The first-order valence-electron chi connectivity index (χ1n) is 12.4. The van der Waals surface area contributed by atoms with Crippen LogP contribution in [-0.4, -0.2) is 161 Å². The molecule has 1 aliphatic heterocycles. The SMILES string of the molecule is C1COCCO1.COCCOCCOCCOCCOC.COCCOCCOCCOCCOC. The number of hydrogen-bond donors (Lipinski definition) is 0. The number of hydrogen-bond acceptors (Lipinski definition) is 12. The van der Waals surface area contributed by atoms with E-state index in [4.69, 9.17) is 56.8 Å². The second-order valence-electron chi connectivity index (χ2n) is 6.87. The van der Waals surface area contributed by atoms with Gasteiger partial charge in [0.1, 0.15) is 0 Å². The van der Waals surface area contributed by atoms with Gasteiger partial charge in [-0.15, -0.1) is 0 Å². The number of rotatable bonds is 24. The van der Waals surface area contributed by atoms with Crippen molar-refractivity contribution in [2.45, 2.75) is 0 Å². The molecule has 220 valence electrons. The molecule has 0 aromatic carbocycles. The molecule has 0 saturated carbocycles. The van der Waals surface area contributed by atoms with Crippen LogP contribution in [0.3, 0.4) is 0 Å². The Morgan fingerprint density at radius 1 is 0.306 bits per heavy atom. The molecule has 0 spiro atoms. The van der Waals surface area contributed by atoms with Crippen LogP contribution in [0.1, 0.15) is 0 Å². The van der Waals surface area contributed by atoms with E-state index in [1.54, 1.807) is 28.4 Å².